The number of aromatic hydroxyl groups is 1. The predicted octanol–water partition coefficient (Wildman–Crippen LogP) is -0.0820. The second-order valence-electron chi connectivity index (χ2n) is 3.19. The maximum Gasteiger partial charge on any atom is 0.246 e. The van der Waals surface area contributed by atoms with Gasteiger partial charge in [0, 0.05) is 13.3 Å². The molecule has 0 heterocycles. The Hall–Kier alpha value is -1.88. The van der Waals surface area contributed by atoms with Crippen molar-refractivity contribution >= 4 is 12.1 Å². The highest BCUT2D eigenvalue weighted by Gasteiger charge is 2.12. The van der Waals surface area contributed by atoms with Crippen LogP contribution in [0.15, 0.2) is 29.3 Å². The normalized spacial score (nSPS) is 12.6. The molecule has 5 heteroatoms. The van der Waals surface area contributed by atoms with Gasteiger partial charge in [-0.15, -0.1) is 0 Å². The Morgan fingerprint density at radius 3 is 2.94 bits per heavy atom. The molecule has 1 atom stereocenters. The molecule has 0 radical (unpaired) electrons. The van der Waals surface area contributed by atoms with Crippen molar-refractivity contribution < 1.29 is 15.0 Å². The molecule has 0 fully saturated rings. The largest absolute Gasteiger partial charge is 0.508 e. The van der Waals surface area contributed by atoms with Gasteiger partial charge in [-0.25, -0.2) is 0 Å². The van der Waals surface area contributed by atoms with Crippen LogP contribution >= 0.6 is 0 Å². The van der Waals surface area contributed by atoms with Gasteiger partial charge in [0.1, 0.15) is 5.75 Å². The van der Waals surface area contributed by atoms with Crippen molar-refractivity contribution in [3.63, 3.8) is 0 Å². The summed E-state index contributed by atoms with van der Waals surface area (Å²) in [5.74, 6) is -0.219. The molecule has 5 nitrogen and oxygen atoms in total. The smallest absolute Gasteiger partial charge is 0.246 e. The van der Waals surface area contributed by atoms with E-state index >= 15 is 0 Å². The van der Waals surface area contributed by atoms with Crippen LogP contribution in [0.25, 0.3) is 0 Å². The third-order valence-electron chi connectivity index (χ3n) is 2.00. The van der Waals surface area contributed by atoms with E-state index in [0.29, 0.717) is 5.56 Å². The average Bonchev–Trinajstić information content (AvgIpc) is 2.29. The first-order chi connectivity index (χ1) is 7.67. The van der Waals surface area contributed by atoms with Crippen LogP contribution in [0, 0.1) is 0 Å². The lowest BCUT2D eigenvalue weighted by Gasteiger charge is -2.06. The number of aliphatic hydroxyl groups excluding tert-OH is 1. The second kappa shape index (κ2) is 5.87. The molecule has 0 saturated carbocycles. The Kier molecular flexibility index (Phi) is 4.47. The van der Waals surface area contributed by atoms with Crippen molar-refractivity contribution in [2.24, 2.45) is 4.99 Å². The lowest BCUT2D eigenvalue weighted by molar-refractivity contribution is -0.122. The molecule has 0 aliphatic rings. The molecule has 0 aliphatic heterocycles. The van der Waals surface area contributed by atoms with E-state index in [2.05, 4.69) is 10.3 Å². The number of nitrogens with zero attached hydrogens (tertiary/aromatic N) is 1. The van der Waals surface area contributed by atoms with Gasteiger partial charge in [0.15, 0.2) is 6.04 Å². The predicted molar refractivity (Wildman–Crippen MR) is 60.6 cm³/mol. The van der Waals surface area contributed by atoms with Gasteiger partial charge in [-0.1, -0.05) is 12.1 Å². The van der Waals surface area contributed by atoms with Gasteiger partial charge in [0.2, 0.25) is 5.91 Å². The van der Waals surface area contributed by atoms with Gasteiger partial charge in [-0.3, -0.25) is 9.79 Å². The minimum Gasteiger partial charge on any atom is -0.508 e. The summed E-state index contributed by atoms with van der Waals surface area (Å²) >= 11 is 0. The van der Waals surface area contributed by atoms with Gasteiger partial charge < -0.3 is 15.5 Å². The van der Waals surface area contributed by atoms with E-state index in [9.17, 15) is 9.90 Å². The average molecular weight is 222 g/mol. The summed E-state index contributed by atoms with van der Waals surface area (Å²) in [6.07, 6.45) is 1.44. The van der Waals surface area contributed by atoms with Gasteiger partial charge in [-0.05, 0) is 17.7 Å². The van der Waals surface area contributed by atoms with E-state index in [1.807, 2.05) is 0 Å². The topological polar surface area (TPSA) is 81.9 Å². The van der Waals surface area contributed by atoms with Crippen LogP contribution in [-0.2, 0) is 4.79 Å². The maximum atomic E-state index is 11.2. The number of rotatable bonds is 4. The first kappa shape index (κ1) is 12.2. The van der Waals surface area contributed by atoms with Crippen molar-refractivity contribution in [3.05, 3.63) is 29.8 Å². The molecule has 0 bridgehead atoms. The van der Waals surface area contributed by atoms with Crippen molar-refractivity contribution in [1.29, 1.82) is 0 Å². The molecule has 0 saturated heterocycles. The fraction of sp³-hybridized carbons (Fsp3) is 0.273. The number of carbonyl (C=O) groups is 1. The summed E-state index contributed by atoms with van der Waals surface area (Å²) in [5, 5.41) is 20.5. The van der Waals surface area contributed by atoms with Gasteiger partial charge in [0.25, 0.3) is 0 Å². The molecular formula is C11H14N2O3. The highest BCUT2D eigenvalue weighted by molar-refractivity contribution is 5.86. The summed E-state index contributed by atoms with van der Waals surface area (Å²) in [6.45, 7) is -0.352. The van der Waals surface area contributed by atoms with E-state index in [4.69, 9.17) is 5.11 Å². The number of phenolic OH excluding ortho intramolecular Hbond substituents is 1. The monoisotopic (exact) mass is 222 g/mol. The number of hydrogen-bond acceptors (Lipinski definition) is 4. The van der Waals surface area contributed by atoms with E-state index in [1.54, 1.807) is 18.2 Å². The van der Waals surface area contributed by atoms with Gasteiger partial charge in [0.05, 0.1) is 6.61 Å². The zero-order chi connectivity index (χ0) is 12.0. The maximum absolute atomic E-state index is 11.2. The molecule has 1 aromatic rings. The van der Waals surface area contributed by atoms with Crippen LogP contribution in [0.2, 0.25) is 0 Å². The first-order valence-corrected chi connectivity index (χ1v) is 4.82. The van der Waals surface area contributed by atoms with Crippen molar-refractivity contribution in [2.75, 3.05) is 13.7 Å². The number of likely N-dealkylation sites (N-methyl/N-ethyl adjacent to an activating group) is 1. The van der Waals surface area contributed by atoms with E-state index in [-0.39, 0.29) is 18.3 Å². The summed E-state index contributed by atoms with van der Waals surface area (Å²) in [5.41, 5.74) is 0.669. The van der Waals surface area contributed by atoms with Crippen LogP contribution < -0.4 is 5.32 Å². The van der Waals surface area contributed by atoms with Crippen molar-refractivity contribution in [3.8, 4) is 5.75 Å². The summed E-state index contributed by atoms with van der Waals surface area (Å²) in [4.78, 5) is 15.1. The second-order valence-corrected chi connectivity index (χ2v) is 3.19. The van der Waals surface area contributed by atoms with E-state index in [1.165, 1.54) is 19.3 Å². The van der Waals surface area contributed by atoms with Crippen LogP contribution in [0.1, 0.15) is 5.56 Å². The zero-order valence-electron chi connectivity index (χ0n) is 8.92. The summed E-state index contributed by atoms with van der Waals surface area (Å²) < 4.78 is 0. The Morgan fingerprint density at radius 2 is 2.38 bits per heavy atom. The molecule has 1 amide bonds. The van der Waals surface area contributed by atoms with E-state index < -0.39 is 6.04 Å². The SMILES string of the molecule is CNC(=O)[C@H](CO)/N=C/c1cccc(O)c1. The standard InChI is InChI=1S/C11H14N2O3/c1-12-11(16)10(7-14)13-6-8-3-2-4-9(15)5-8/h2-6,10,14-15H,7H2,1H3,(H,12,16)/b13-6+/t10-/m0/s1. The lowest BCUT2D eigenvalue weighted by atomic mass is 10.2. The number of nitrogens with one attached hydrogen (secondary N) is 1. The Bertz CT molecular complexity index is 391. The summed E-state index contributed by atoms with van der Waals surface area (Å²) in [7, 11) is 1.48. The third kappa shape index (κ3) is 3.36. The van der Waals surface area contributed by atoms with Gasteiger partial charge >= 0.3 is 0 Å². The number of aliphatic hydroxyl groups is 1. The molecular weight excluding hydrogens is 208 g/mol. The number of carbonyl (C=O) groups excluding carboxylic acids is 1. The number of amides is 1. The van der Waals surface area contributed by atoms with Crippen LogP contribution in [-0.4, -0.2) is 42.0 Å². The minimum atomic E-state index is -0.813. The number of phenols is 1. The molecule has 1 rings (SSSR count). The van der Waals surface area contributed by atoms with Crippen molar-refractivity contribution in [2.45, 2.75) is 6.04 Å². The third-order valence-corrected chi connectivity index (χ3v) is 2.00. The minimum absolute atomic E-state index is 0.129. The number of aliphatic imine (C=N–C) groups is 1. The summed E-state index contributed by atoms with van der Waals surface area (Å²) in [6, 6.07) is 5.65. The zero-order valence-corrected chi connectivity index (χ0v) is 8.92. The molecule has 0 unspecified atom stereocenters. The Balaban J connectivity index is 2.75. The number of benzene rings is 1. The molecule has 3 N–H and O–H groups in total. The highest BCUT2D eigenvalue weighted by atomic mass is 16.3. The molecule has 0 aliphatic carbocycles. The van der Waals surface area contributed by atoms with E-state index in [0.717, 1.165) is 0 Å². The van der Waals surface area contributed by atoms with Crippen LogP contribution in [0.5, 0.6) is 5.75 Å². The fourth-order valence-electron chi connectivity index (χ4n) is 1.15. The Labute approximate surface area is 93.5 Å². The molecule has 86 valence electrons. The lowest BCUT2D eigenvalue weighted by Crippen LogP contribution is -2.33. The number of hydrogen-bond donors (Lipinski definition) is 3. The fourth-order valence-corrected chi connectivity index (χ4v) is 1.15. The molecule has 0 aromatic heterocycles. The highest BCUT2D eigenvalue weighted by Crippen LogP contribution is 2.09. The van der Waals surface area contributed by atoms with Crippen LogP contribution in [0.3, 0.4) is 0 Å². The molecule has 16 heavy (non-hydrogen) atoms. The van der Waals surface area contributed by atoms with Crippen molar-refractivity contribution in [1.82, 2.24) is 5.32 Å². The molecule has 0 spiro atoms. The van der Waals surface area contributed by atoms with Crippen LogP contribution in [0.4, 0.5) is 0 Å². The Morgan fingerprint density at radius 1 is 1.62 bits per heavy atom. The first-order valence-electron chi connectivity index (χ1n) is 4.82. The van der Waals surface area contributed by atoms with Gasteiger partial charge in [-0.2, -0.15) is 0 Å². The molecule has 1 aromatic carbocycles. The quantitative estimate of drug-likeness (QED) is 0.623.